The first-order valence-electron chi connectivity index (χ1n) is 5.84. The third-order valence-electron chi connectivity index (χ3n) is 2.26. The summed E-state index contributed by atoms with van der Waals surface area (Å²) in [7, 11) is 0. The number of nitrogens with zero attached hydrogens (tertiary/aromatic N) is 2. The smallest absolute Gasteiger partial charge is 0.414 e. The minimum atomic E-state index is -0.875. The molecule has 8 heteroatoms. The van der Waals surface area contributed by atoms with Crippen LogP contribution < -0.4 is 10.7 Å². The Morgan fingerprint density at radius 1 is 1.47 bits per heavy atom. The molecule has 2 amide bonds. The fourth-order valence-electron chi connectivity index (χ4n) is 1.32. The molecule has 0 saturated carbocycles. The van der Waals surface area contributed by atoms with Gasteiger partial charge < -0.3 is 14.9 Å². The van der Waals surface area contributed by atoms with E-state index >= 15 is 0 Å². The molecule has 0 unspecified atom stereocenters. The van der Waals surface area contributed by atoms with Gasteiger partial charge in [-0.1, -0.05) is 0 Å². The maximum Gasteiger partial charge on any atom is 0.414 e. The average molecular weight is 268 g/mol. The average Bonchev–Trinajstić information content (AvgIpc) is 2.40. The summed E-state index contributed by atoms with van der Waals surface area (Å²) >= 11 is 0. The highest BCUT2D eigenvalue weighted by Gasteiger charge is 2.14. The summed E-state index contributed by atoms with van der Waals surface area (Å²) in [4.78, 5) is 22.6. The third-order valence-corrected chi connectivity index (χ3v) is 2.26. The minimum Gasteiger partial charge on any atom is -0.450 e. The quantitative estimate of drug-likeness (QED) is 0.523. The molecule has 0 aromatic carbocycles. The van der Waals surface area contributed by atoms with Crippen molar-refractivity contribution >= 4 is 12.0 Å². The van der Waals surface area contributed by atoms with E-state index in [1.165, 1.54) is 6.20 Å². The molecule has 0 atom stereocenters. The van der Waals surface area contributed by atoms with E-state index in [2.05, 4.69) is 10.2 Å². The van der Waals surface area contributed by atoms with Crippen molar-refractivity contribution in [1.82, 2.24) is 15.8 Å². The lowest BCUT2D eigenvalue weighted by molar-refractivity contribution is -0.116. The molecule has 0 bridgehead atoms. The zero-order chi connectivity index (χ0) is 14.1. The first kappa shape index (κ1) is 14.9. The number of hydrogen-bond acceptors (Lipinski definition) is 7. The second-order valence-corrected chi connectivity index (χ2v) is 3.57. The number of ether oxygens (including phenoxy) is 2. The molecule has 2 N–H and O–H groups in total. The van der Waals surface area contributed by atoms with E-state index in [9.17, 15) is 9.59 Å². The number of carbonyl (C=O) groups is 2. The van der Waals surface area contributed by atoms with Crippen LogP contribution in [0.3, 0.4) is 0 Å². The Labute approximate surface area is 110 Å². The predicted octanol–water partition coefficient (Wildman–Crippen LogP) is -0.497. The standard InChI is InChI=1S/C11H16N4O4/c1-2-19-11(17)14-10(16)9(7-12)8-13-15-3-5-18-6-4-15/h8,13H,2-6H2,1H3,(H,14,16,17)/b9-8-. The van der Waals surface area contributed by atoms with Crippen molar-refractivity contribution < 1.29 is 19.1 Å². The van der Waals surface area contributed by atoms with Gasteiger partial charge in [-0.05, 0) is 6.92 Å². The molecule has 104 valence electrons. The number of imide groups is 1. The molecular formula is C11H16N4O4. The topological polar surface area (TPSA) is 104 Å². The number of amides is 2. The van der Waals surface area contributed by atoms with E-state index in [1.54, 1.807) is 18.0 Å². The van der Waals surface area contributed by atoms with E-state index in [-0.39, 0.29) is 12.2 Å². The lowest BCUT2D eigenvalue weighted by atomic mass is 10.3. The van der Waals surface area contributed by atoms with Crippen molar-refractivity contribution in [2.75, 3.05) is 32.9 Å². The van der Waals surface area contributed by atoms with Gasteiger partial charge in [0, 0.05) is 19.3 Å². The van der Waals surface area contributed by atoms with Crippen LogP contribution in [-0.4, -0.2) is 49.9 Å². The van der Waals surface area contributed by atoms with Crippen LogP contribution in [0.15, 0.2) is 11.8 Å². The van der Waals surface area contributed by atoms with Crippen LogP contribution >= 0.6 is 0 Å². The summed E-state index contributed by atoms with van der Waals surface area (Å²) in [6.45, 7) is 4.22. The summed E-state index contributed by atoms with van der Waals surface area (Å²) in [6, 6.07) is 1.71. The molecule has 1 rings (SSSR count). The maximum absolute atomic E-state index is 11.5. The van der Waals surface area contributed by atoms with Crippen LogP contribution in [-0.2, 0) is 14.3 Å². The van der Waals surface area contributed by atoms with Crippen molar-refractivity contribution in [2.24, 2.45) is 0 Å². The van der Waals surface area contributed by atoms with Gasteiger partial charge in [0.25, 0.3) is 5.91 Å². The molecule has 0 aromatic rings. The lowest BCUT2D eigenvalue weighted by Crippen LogP contribution is -2.43. The number of nitrogens with one attached hydrogen (secondary N) is 2. The van der Waals surface area contributed by atoms with Crippen LogP contribution in [0.1, 0.15) is 6.92 Å². The lowest BCUT2D eigenvalue weighted by Gasteiger charge is -2.26. The zero-order valence-electron chi connectivity index (χ0n) is 10.6. The predicted molar refractivity (Wildman–Crippen MR) is 64.4 cm³/mol. The summed E-state index contributed by atoms with van der Waals surface area (Å²) in [5.41, 5.74) is 2.61. The van der Waals surface area contributed by atoms with E-state index in [4.69, 9.17) is 10.00 Å². The van der Waals surface area contributed by atoms with Crippen molar-refractivity contribution in [2.45, 2.75) is 6.92 Å². The highest BCUT2D eigenvalue weighted by atomic mass is 16.5. The number of hydrazine groups is 1. The van der Waals surface area contributed by atoms with Gasteiger partial charge in [-0.2, -0.15) is 5.26 Å². The SMILES string of the molecule is CCOC(=O)NC(=O)/C(C#N)=C\NN1CCOCC1. The fourth-order valence-corrected chi connectivity index (χ4v) is 1.32. The second-order valence-electron chi connectivity index (χ2n) is 3.57. The van der Waals surface area contributed by atoms with Gasteiger partial charge in [0.15, 0.2) is 0 Å². The molecule has 1 saturated heterocycles. The first-order chi connectivity index (χ1) is 9.17. The molecule has 8 nitrogen and oxygen atoms in total. The summed E-state index contributed by atoms with van der Waals surface area (Å²) in [5, 5.41) is 12.6. The van der Waals surface area contributed by atoms with E-state index in [1.807, 2.05) is 5.32 Å². The monoisotopic (exact) mass is 268 g/mol. The first-order valence-corrected chi connectivity index (χ1v) is 5.84. The van der Waals surface area contributed by atoms with Gasteiger partial charge in [0.2, 0.25) is 0 Å². The molecule has 1 aliphatic heterocycles. The van der Waals surface area contributed by atoms with Gasteiger partial charge in [0.05, 0.1) is 19.8 Å². The molecule has 0 spiro atoms. The normalized spacial score (nSPS) is 16.3. The molecule has 1 aliphatic rings. The van der Waals surface area contributed by atoms with Crippen LogP contribution in [0.5, 0.6) is 0 Å². The van der Waals surface area contributed by atoms with Crippen molar-refractivity contribution in [3.8, 4) is 6.07 Å². The van der Waals surface area contributed by atoms with E-state index in [0.29, 0.717) is 26.3 Å². The Morgan fingerprint density at radius 2 is 2.16 bits per heavy atom. The number of carbonyl (C=O) groups excluding carboxylic acids is 2. The van der Waals surface area contributed by atoms with Gasteiger partial charge >= 0.3 is 6.09 Å². The van der Waals surface area contributed by atoms with Crippen LogP contribution in [0.25, 0.3) is 0 Å². The Bertz CT molecular complexity index is 396. The van der Waals surface area contributed by atoms with Gasteiger partial charge in [-0.3, -0.25) is 10.1 Å². The maximum atomic E-state index is 11.5. The highest BCUT2D eigenvalue weighted by Crippen LogP contribution is 1.95. The minimum absolute atomic E-state index is 0.150. The highest BCUT2D eigenvalue weighted by molar-refractivity contribution is 6.04. The van der Waals surface area contributed by atoms with Crippen molar-refractivity contribution in [1.29, 1.82) is 5.26 Å². The van der Waals surface area contributed by atoms with Gasteiger partial charge in [-0.25, -0.2) is 9.80 Å². The van der Waals surface area contributed by atoms with Crippen LogP contribution in [0.4, 0.5) is 4.79 Å². The van der Waals surface area contributed by atoms with Gasteiger partial charge in [-0.15, -0.1) is 0 Å². The van der Waals surface area contributed by atoms with Crippen LogP contribution in [0.2, 0.25) is 0 Å². The molecule has 0 aromatic heterocycles. The van der Waals surface area contributed by atoms with E-state index < -0.39 is 12.0 Å². The van der Waals surface area contributed by atoms with Gasteiger partial charge in [0.1, 0.15) is 11.6 Å². The van der Waals surface area contributed by atoms with Crippen molar-refractivity contribution in [3.05, 3.63) is 11.8 Å². The molecule has 1 heterocycles. The Hall–Kier alpha value is -2.11. The number of nitriles is 1. The zero-order valence-corrected chi connectivity index (χ0v) is 10.6. The second kappa shape index (κ2) is 8.07. The fraction of sp³-hybridized carbons (Fsp3) is 0.545. The van der Waals surface area contributed by atoms with Crippen LogP contribution in [0, 0.1) is 11.3 Å². The number of rotatable bonds is 4. The third kappa shape index (κ3) is 5.37. The Morgan fingerprint density at radius 3 is 2.74 bits per heavy atom. The molecule has 0 radical (unpaired) electrons. The molecule has 0 aliphatic carbocycles. The molecule has 1 fully saturated rings. The number of alkyl carbamates (subject to hydrolysis) is 1. The molecular weight excluding hydrogens is 252 g/mol. The molecule has 19 heavy (non-hydrogen) atoms. The Balaban J connectivity index is 2.48. The summed E-state index contributed by atoms with van der Waals surface area (Å²) in [6.07, 6.45) is 0.375. The summed E-state index contributed by atoms with van der Waals surface area (Å²) in [5.74, 6) is -0.804. The van der Waals surface area contributed by atoms with E-state index in [0.717, 1.165) is 0 Å². The van der Waals surface area contributed by atoms with Crippen molar-refractivity contribution in [3.63, 3.8) is 0 Å². The number of morpholine rings is 1. The summed E-state index contributed by atoms with van der Waals surface area (Å²) < 4.78 is 9.70. The Kier molecular flexibility index (Phi) is 6.35. The largest absolute Gasteiger partial charge is 0.450 e. The number of hydrogen-bond donors (Lipinski definition) is 2.